The third kappa shape index (κ3) is 3.24. The summed E-state index contributed by atoms with van der Waals surface area (Å²) < 4.78 is 18.7. The highest BCUT2D eigenvalue weighted by molar-refractivity contribution is 7.98. The molecule has 23 heavy (non-hydrogen) atoms. The number of thioether (sulfide) groups is 1. The molecule has 5 nitrogen and oxygen atoms in total. The highest BCUT2D eigenvalue weighted by Gasteiger charge is 2.16. The molecule has 2 aromatic heterocycles. The summed E-state index contributed by atoms with van der Waals surface area (Å²) in [5, 5.41) is 0.607. The Morgan fingerprint density at radius 2 is 2.04 bits per heavy atom. The number of fused-ring (bicyclic) bond motifs is 1. The lowest BCUT2D eigenvalue weighted by atomic mass is 10.2. The molecular weight excluding hydrogens is 317 g/mol. The van der Waals surface area contributed by atoms with Crippen LogP contribution in [0.2, 0.25) is 0 Å². The van der Waals surface area contributed by atoms with Crippen molar-refractivity contribution in [2.45, 2.75) is 31.6 Å². The van der Waals surface area contributed by atoms with E-state index < -0.39 is 0 Å². The van der Waals surface area contributed by atoms with Gasteiger partial charge in [0.15, 0.2) is 11.4 Å². The van der Waals surface area contributed by atoms with Crippen LogP contribution in [0.3, 0.4) is 0 Å². The summed E-state index contributed by atoms with van der Waals surface area (Å²) in [5.41, 5.74) is 2.18. The second-order valence-electron chi connectivity index (χ2n) is 5.10. The molecule has 0 saturated heterocycles. The average Bonchev–Trinajstić information content (AvgIpc) is 2.85. The van der Waals surface area contributed by atoms with Crippen LogP contribution in [0.1, 0.15) is 34.7 Å². The van der Waals surface area contributed by atoms with E-state index in [0.717, 1.165) is 0 Å². The molecule has 0 N–H and O–H groups in total. The standard InChI is InChI=1S/C16H14FN3O2S/c1-8-15(9(2)21)16(19-10(3)18-8)23-7-14-20-12-5-4-11(17)6-13(12)22-14/h4-6H,7H2,1-3H3. The van der Waals surface area contributed by atoms with Gasteiger partial charge in [0.05, 0.1) is 17.0 Å². The summed E-state index contributed by atoms with van der Waals surface area (Å²) in [4.78, 5) is 24.7. The Hall–Kier alpha value is -2.28. The number of hydrogen-bond donors (Lipinski definition) is 0. The van der Waals surface area contributed by atoms with Gasteiger partial charge in [-0.05, 0) is 32.9 Å². The fourth-order valence-electron chi connectivity index (χ4n) is 2.33. The number of carbonyl (C=O) groups excluding carboxylic acids is 1. The molecule has 0 saturated carbocycles. The molecule has 3 rings (SSSR count). The second-order valence-corrected chi connectivity index (χ2v) is 6.06. The third-order valence-corrected chi connectivity index (χ3v) is 4.21. The van der Waals surface area contributed by atoms with Gasteiger partial charge in [-0.3, -0.25) is 4.79 Å². The van der Waals surface area contributed by atoms with Crippen molar-refractivity contribution in [2.24, 2.45) is 0 Å². The SMILES string of the molecule is CC(=O)c1c(C)nc(C)nc1SCc1nc2ccc(F)cc2o1. The van der Waals surface area contributed by atoms with Crippen LogP contribution < -0.4 is 0 Å². The zero-order chi connectivity index (χ0) is 16.6. The van der Waals surface area contributed by atoms with Crippen LogP contribution in [0, 0.1) is 19.7 Å². The molecule has 0 atom stereocenters. The molecule has 0 radical (unpaired) electrons. The van der Waals surface area contributed by atoms with Crippen molar-refractivity contribution < 1.29 is 13.6 Å². The zero-order valence-corrected chi connectivity index (χ0v) is 13.7. The number of ketones is 1. The van der Waals surface area contributed by atoms with Crippen molar-refractivity contribution in [3.8, 4) is 0 Å². The predicted octanol–water partition coefficient (Wildman–Crippen LogP) is 3.87. The largest absolute Gasteiger partial charge is 0.440 e. The average molecular weight is 331 g/mol. The fourth-order valence-corrected chi connectivity index (χ4v) is 3.35. The molecule has 0 spiro atoms. The first-order valence-electron chi connectivity index (χ1n) is 6.98. The van der Waals surface area contributed by atoms with Crippen molar-refractivity contribution in [3.05, 3.63) is 47.0 Å². The van der Waals surface area contributed by atoms with Gasteiger partial charge in [-0.25, -0.2) is 19.3 Å². The van der Waals surface area contributed by atoms with E-state index in [4.69, 9.17) is 4.42 Å². The summed E-state index contributed by atoms with van der Waals surface area (Å²) in [6.45, 7) is 5.06. The molecule has 7 heteroatoms. The van der Waals surface area contributed by atoms with Gasteiger partial charge in [0, 0.05) is 6.07 Å². The summed E-state index contributed by atoms with van der Waals surface area (Å²) in [6.07, 6.45) is 0. The number of halogens is 1. The maximum atomic E-state index is 13.2. The minimum Gasteiger partial charge on any atom is -0.440 e. The number of carbonyl (C=O) groups is 1. The normalized spacial score (nSPS) is 11.1. The predicted molar refractivity (Wildman–Crippen MR) is 85.0 cm³/mol. The summed E-state index contributed by atoms with van der Waals surface area (Å²) in [7, 11) is 0. The van der Waals surface area contributed by atoms with Gasteiger partial charge in [-0.1, -0.05) is 11.8 Å². The molecular formula is C16H14FN3O2S. The van der Waals surface area contributed by atoms with Crippen molar-refractivity contribution in [1.29, 1.82) is 0 Å². The molecule has 0 bridgehead atoms. The van der Waals surface area contributed by atoms with Crippen LogP contribution in [-0.2, 0) is 5.75 Å². The first kappa shape index (κ1) is 15.6. The van der Waals surface area contributed by atoms with Crippen LogP contribution in [0.15, 0.2) is 27.6 Å². The number of Topliss-reactive ketones (excluding diaryl/α,β-unsaturated/α-hetero) is 1. The quantitative estimate of drug-likeness (QED) is 0.411. The highest BCUT2D eigenvalue weighted by atomic mass is 32.2. The lowest BCUT2D eigenvalue weighted by molar-refractivity contribution is 0.101. The molecule has 118 valence electrons. The lowest BCUT2D eigenvalue weighted by Gasteiger charge is -2.08. The van der Waals surface area contributed by atoms with Crippen LogP contribution in [0.4, 0.5) is 4.39 Å². The van der Waals surface area contributed by atoms with Crippen LogP contribution in [-0.4, -0.2) is 20.7 Å². The maximum Gasteiger partial charge on any atom is 0.205 e. The van der Waals surface area contributed by atoms with Crippen molar-refractivity contribution >= 4 is 28.6 Å². The molecule has 1 aromatic carbocycles. The smallest absolute Gasteiger partial charge is 0.205 e. The van der Waals surface area contributed by atoms with Gasteiger partial charge >= 0.3 is 0 Å². The molecule has 0 aliphatic heterocycles. The Morgan fingerprint density at radius 1 is 1.26 bits per heavy atom. The van der Waals surface area contributed by atoms with E-state index in [0.29, 0.717) is 44.9 Å². The number of nitrogens with zero attached hydrogens (tertiary/aromatic N) is 3. The number of benzene rings is 1. The van der Waals surface area contributed by atoms with Gasteiger partial charge in [-0.2, -0.15) is 0 Å². The van der Waals surface area contributed by atoms with Gasteiger partial charge < -0.3 is 4.42 Å². The molecule has 0 aliphatic carbocycles. The van der Waals surface area contributed by atoms with Crippen LogP contribution >= 0.6 is 11.8 Å². The Labute approximate surface area is 136 Å². The third-order valence-electron chi connectivity index (χ3n) is 3.25. The van der Waals surface area contributed by atoms with Crippen molar-refractivity contribution in [3.63, 3.8) is 0 Å². The van der Waals surface area contributed by atoms with Crippen LogP contribution in [0.25, 0.3) is 11.1 Å². The van der Waals surface area contributed by atoms with E-state index in [9.17, 15) is 9.18 Å². The Morgan fingerprint density at radius 3 is 2.78 bits per heavy atom. The topological polar surface area (TPSA) is 68.9 Å². The van der Waals surface area contributed by atoms with E-state index >= 15 is 0 Å². The highest BCUT2D eigenvalue weighted by Crippen LogP contribution is 2.27. The molecule has 0 amide bonds. The molecule has 0 aliphatic rings. The molecule has 0 fully saturated rings. The number of oxazole rings is 1. The van der Waals surface area contributed by atoms with Gasteiger partial charge in [0.2, 0.25) is 5.89 Å². The van der Waals surface area contributed by atoms with E-state index in [1.807, 2.05) is 0 Å². The number of hydrogen-bond acceptors (Lipinski definition) is 6. The fraction of sp³-hybridized carbons (Fsp3) is 0.250. The lowest BCUT2D eigenvalue weighted by Crippen LogP contribution is -2.06. The number of aromatic nitrogens is 3. The zero-order valence-electron chi connectivity index (χ0n) is 12.9. The first-order valence-corrected chi connectivity index (χ1v) is 7.96. The van der Waals surface area contributed by atoms with Gasteiger partial charge in [0.1, 0.15) is 22.2 Å². The summed E-state index contributed by atoms with van der Waals surface area (Å²) >= 11 is 1.35. The Kier molecular flexibility index (Phi) is 4.12. The Balaban J connectivity index is 1.88. The van der Waals surface area contributed by atoms with E-state index in [2.05, 4.69) is 15.0 Å². The van der Waals surface area contributed by atoms with Gasteiger partial charge in [-0.15, -0.1) is 0 Å². The molecule has 2 heterocycles. The summed E-state index contributed by atoms with van der Waals surface area (Å²) in [5.74, 6) is 1.01. The van der Waals surface area contributed by atoms with Crippen molar-refractivity contribution in [2.75, 3.05) is 0 Å². The van der Waals surface area contributed by atoms with Gasteiger partial charge in [0.25, 0.3) is 0 Å². The van der Waals surface area contributed by atoms with Crippen LogP contribution in [0.5, 0.6) is 0 Å². The maximum absolute atomic E-state index is 13.2. The monoisotopic (exact) mass is 331 g/mol. The second kappa shape index (κ2) is 6.08. The summed E-state index contributed by atoms with van der Waals surface area (Å²) in [6, 6.07) is 4.21. The van der Waals surface area contributed by atoms with Crippen molar-refractivity contribution in [1.82, 2.24) is 15.0 Å². The minimum absolute atomic E-state index is 0.0790. The number of aryl methyl sites for hydroxylation is 2. The van der Waals surface area contributed by atoms with E-state index in [-0.39, 0.29) is 11.6 Å². The Bertz CT molecular complexity index is 908. The first-order chi connectivity index (χ1) is 10.9. The number of rotatable bonds is 4. The molecule has 0 unspecified atom stereocenters. The molecule has 3 aromatic rings. The van der Waals surface area contributed by atoms with E-state index in [1.54, 1.807) is 19.9 Å². The minimum atomic E-state index is -0.367. The van der Waals surface area contributed by atoms with E-state index in [1.165, 1.54) is 30.8 Å².